The van der Waals surface area contributed by atoms with E-state index in [2.05, 4.69) is 98.9 Å². The summed E-state index contributed by atoms with van der Waals surface area (Å²) >= 11 is 0. The normalized spacial score (nSPS) is 14.4. The molecule has 1 N–H and O–H groups in total. The molecular weight excluding hydrogens is 750 g/mol. The Morgan fingerprint density at radius 3 is 1.38 bits per heavy atom. The summed E-state index contributed by atoms with van der Waals surface area (Å²) in [5.41, 5.74) is 0. The zero-order valence-electron chi connectivity index (χ0n) is 37.2. The molecule has 0 aliphatic heterocycles. The van der Waals surface area contributed by atoms with Gasteiger partial charge in [0.25, 0.3) is 0 Å². The van der Waals surface area contributed by atoms with Gasteiger partial charge in [-0.3, -0.25) is 18.6 Å². The second kappa shape index (κ2) is 39.6. The molecule has 2 atom stereocenters. The SMILES string of the molecule is CCCCC/C=C/C/C=C/C/C=C/C/C=C/CCCCCC(=O)O[C@H](COC(=O)CCCC/C=C/C/C=C/C/C=C/CCCCC)COP(=O)(O)OCC[N+](C)(C)C. The number of rotatable bonds is 39. The van der Waals surface area contributed by atoms with Crippen molar-refractivity contribution in [3.63, 3.8) is 0 Å². The van der Waals surface area contributed by atoms with Crippen LogP contribution >= 0.6 is 7.82 Å². The van der Waals surface area contributed by atoms with E-state index >= 15 is 0 Å². The molecular formula is C48H83NO8P+. The van der Waals surface area contributed by atoms with E-state index in [0.717, 1.165) is 70.6 Å². The first-order valence-corrected chi connectivity index (χ1v) is 23.8. The number of carbonyl (C=O) groups is 2. The van der Waals surface area contributed by atoms with Crippen molar-refractivity contribution in [2.24, 2.45) is 0 Å². The Morgan fingerprint density at radius 1 is 0.534 bits per heavy atom. The van der Waals surface area contributed by atoms with Crippen molar-refractivity contribution < 1.29 is 42.1 Å². The number of quaternary nitrogens is 1. The van der Waals surface area contributed by atoms with Crippen molar-refractivity contribution in [2.45, 2.75) is 161 Å². The lowest BCUT2D eigenvalue weighted by molar-refractivity contribution is -0.870. The summed E-state index contributed by atoms with van der Waals surface area (Å²) < 4.78 is 34.2. The molecule has 0 aliphatic carbocycles. The Morgan fingerprint density at radius 2 is 0.931 bits per heavy atom. The van der Waals surface area contributed by atoms with Gasteiger partial charge >= 0.3 is 19.8 Å². The van der Waals surface area contributed by atoms with Crippen molar-refractivity contribution in [3.8, 4) is 0 Å². The fraction of sp³-hybridized carbons (Fsp3) is 0.667. The summed E-state index contributed by atoms with van der Waals surface area (Å²) in [5, 5.41) is 0. The number of carbonyl (C=O) groups excluding carboxylic acids is 2. The smallest absolute Gasteiger partial charge is 0.462 e. The second-order valence-electron chi connectivity index (χ2n) is 15.7. The highest BCUT2D eigenvalue weighted by Crippen LogP contribution is 2.43. The fourth-order valence-corrected chi connectivity index (χ4v) is 6.10. The maximum Gasteiger partial charge on any atom is 0.472 e. The number of phosphoric ester groups is 1. The van der Waals surface area contributed by atoms with Crippen molar-refractivity contribution in [1.29, 1.82) is 0 Å². The van der Waals surface area contributed by atoms with Gasteiger partial charge in [-0.2, -0.15) is 0 Å². The van der Waals surface area contributed by atoms with Crippen LogP contribution in [0.25, 0.3) is 0 Å². The van der Waals surface area contributed by atoms with Gasteiger partial charge in [0.2, 0.25) is 0 Å². The summed E-state index contributed by atoms with van der Waals surface area (Å²) in [4.78, 5) is 35.4. The molecule has 0 spiro atoms. The van der Waals surface area contributed by atoms with Gasteiger partial charge in [-0.15, -0.1) is 0 Å². The van der Waals surface area contributed by atoms with Crippen LogP contribution in [0.3, 0.4) is 0 Å². The quantitative estimate of drug-likeness (QED) is 0.0214. The molecule has 1 unspecified atom stereocenters. The van der Waals surface area contributed by atoms with Crippen LogP contribution < -0.4 is 0 Å². The Kier molecular flexibility index (Phi) is 37.7. The molecule has 0 radical (unpaired) electrons. The van der Waals surface area contributed by atoms with Gasteiger partial charge in [0.1, 0.15) is 19.8 Å². The molecule has 0 saturated heterocycles. The first-order valence-electron chi connectivity index (χ1n) is 22.3. The van der Waals surface area contributed by atoms with Gasteiger partial charge in [0, 0.05) is 12.8 Å². The topological polar surface area (TPSA) is 108 Å². The van der Waals surface area contributed by atoms with Gasteiger partial charge in [-0.25, -0.2) is 4.57 Å². The third kappa shape index (κ3) is 42.8. The lowest BCUT2D eigenvalue weighted by Gasteiger charge is -2.24. The summed E-state index contributed by atoms with van der Waals surface area (Å²) in [5.74, 6) is -0.888. The minimum absolute atomic E-state index is 0.0144. The highest BCUT2D eigenvalue weighted by atomic mass is 31.2. The van der Waals surface area contributed by atoms with Crippen LogP contribution in [0.2, 0.25) is 0 Å². The first kappa shape index (κ1) is 55.2. The standard InChI is InChI=1S/C48H82NO8P/c1-6-8-10-12-14-16-18-20-22-23-24-25-27-29-31-33-35-37-39-41-48(51)57-46(45-56-58(52,53)55-43-42-49(3,4)5)44-54-47(50)40-38-36-34-32-30-28-26-21-19-17-15-13-11-9-7-2/h14-17,20-22,24-26,29-32,46H,6-13,18-19,23,27-28,33-45H2,1-5H3/p+1/b16-14+,17-15+,22-20+,25-24+,26-21+,31-29+,32-30+/t46-/m1/s1. The number of nitrogens with zero attached hydrogens (tertiary/aromatic N) is 1. The van der Waals surface area contributed by atoms with Gasteiger partial charge in [0.15, 0.2) is 6.10 Å². The molecule has 0 heterocycles. The molecule has 9 nitrogen and oxygen atoms in total. The lowest BCUT2D eigenvalue weighted by atomic mass is 10.1. The van der Waals surface area contributed by atoms with Crippen molar-refractivity contribution in [1.82, 2.24) is 0 Å². The van der Waals surface area contributed by atoms with Crippen LogP contribution in [-0.2, 0) is 32.7 Å². The van der Waals surface area contributed by atoms with Crippen LogP contribution in [0.5, 0.6) is 0 Å². The lowest BCUT2D eigenvalue weighted by Crippen LogP contribution is -2.37. The number of phosphoric acid groups is 1. The zero-order valence-corrected chi connectivity index (χ0v) is 38.1. The van der Waals surface area contributed by atoms with Crippen LogP contribution in [-0.4, -0.2) is 74.9 Å². The van der Waals surface area contributed by atoms with Gasteiger partial charge in [0.05, 0.1) is 27.7 Å². The highest BCUT2D eigenvalue weighted by molar-refractivity contribution is 7.47. The molecule has 0 amide bonds. The van der Waals surface area contributed by atoms with E-state index in [9.17, 15) is 19.0 Å². The first-order chi connectivity index (χ1) is 28.0. The number of hydrogen-bond acceptors (Lipinski definition) is 7. The van der Waals surface area contributed by atoms with Gasteiger partial charge in [-0.1, -0.05) is 131 Å². The molecule has 10 heteroatoms. The summed E-state index contributed by atoms with van der Waals surface area (Å²) in [6, 6.07) is 0. The monoisotopic (exact) mass is 833 g/mol. The van der Waals surface area contributed by atoms with Gasteiger partial charge in [-0.05, 0) is 96.3 Å². The van der Waals surface area contributed by atoms with Crippen LogP contribution in [0.4, 0.5) is 0 Å². The van der Waals surface area contributed by atoms with Crippen LogP contribution in [0, 0.1) is 0 Å². The Balaban J connectivity index is 4.51. The van der Waals surface area contributed by atoms with Crippen molar-refractivity contribution in [3.05, 3.63) is 85.1 Å². The van der Waals surface area contributed by atoms with E-state index in [1.807, 2.05) is 21.1 Å². The number of unbranched alkanes of at least 4 members (excludes halogenated alkanes) is 11. The van der Waals surface area contributed by atoms with E-state index < -0.39 is 32.5 Å². The minimum Gasteiger partial charge on any atom is -0.462 e. The second-order valence-corrected chi connectivity index (χ2v) is 17.2. The molecule has 0 bridgehead atoms. The molecule has 0 aliphatic rings. The molecule has 0 aromatic rings. The average Bonchev–Trinajstić information content (AvgIpc) is 3.17. The fourth-order valence-electron chi connectivity index (χ4n) is 5.35. The molecule has 0 fully saturated rings. The maximum atomic E-state index is 12.7. The predicted octanol–water partition coefficient (Wildman–Crippen LogP) is 12.8. The number of esters is 2. The van der Waals surface area contributed by atoms with Gasteiger partial charge < -0.3 is 18.9 Å². The molecule has 0 aromatic carbocycles. The minimum atomic E-state index is -4.40. The van der Waals surface area contributed by atoms with Crippen molar-refractivity contribution in [2.75, 3.05) is 47.5 Å². The number of likely N-dealkylation sites (N-methyl/N-ethyl adjacent to an activating group) is 1. The highest BCUT2D eigenvalue weighted by Gasteiger charge is 2.27. The Bertz CT molecular complexity index is 1260. The van der Waals surface area contributed by atoms with E-state index in [0.29, 0.717) is 23.9 Å². The third-order valence-corrected chi connectivity index (χ3v) is 9.88. The van der Waals surface area contributed by atoms with E-state index in [-0.39, 0.29) is 26.1 Å². The molecule has 0 saturated carbocycles. The predicted molar refractivity (Wildman–Crippen MR) is 242 cm³/mol. The Hall–Kier alpha value is -2.81. The zero-order chi connectivity index (χ0) is 42.8. The number of ether oxygens (including phenoxy) is 2. The molecule has 58 heavy (non-hydrogen) atoms. The van der Waals surface area contributed by atoms with Crippen LogP contribution in [0.15, 0.2) is 85.1 Å². The molecule has 0 rings (SSSR count). The average molecular weight is 833 g/mol. The summed E-state index contributed by atoms with van der Waals surface area (Å²) in [6.45, 7) is 4.26. The largest absolute Gasteiger partial charge is 0.472 e. The van der Waals surface area contributed by atoms with E-state index in [4.69, 9.17) is 18.5 Å². The maximum absolute atomic E-state index is 12.7. The number of allylic oxidation sites excluding steroid dienone is 14. The summed E-state index contributed by atoms with van der Waals surface area (Å²) in [6.07, 6.45) is 50.6. The Labute approximate surface area is 354 Å². The van der Waals surface area contributed by atoms with Crippen LogP contribution in [0.1, 0.15) is 155 Å². The summed E-state index contributed by atoms with van der Waals surface area (Å²) in [7, 11) is 1.42. The number of hydrogen-bond donors (Lipinski definition) is 1. The third-order valence-electron chi connectivity index (χ3n) is 8.90. The van der Waals surface area contributed by atoms with E-state index in [1.54, 1.807) is 0 Å². The molecule has 0 aromatic heterocycles. The van der Waals surface area contributed by atoms with Crippen molar-refractivity contribution >= 4 is 19.8 Å². The molecule has 332 valence electrons. The van der Waals surface area contributed by atoms with E-state index in [1.165, 1.54) is 44.9 Å².